The zero-order chi connectivity index (χ0) is 20.9. The summed E-state index contributed by atoms with van der Waals surface area (Å²) in [6.07, 6.45) is 5.76. The van der Waals surface area contributed by atoms with Gasteiger partial charge in [-0.15, -0.1) is 0 Å². The quantitative estimate of drug-likeness (QED) is 0.126. The van der Waals surface area contributed by atoms with Gasteiger partial charge in [0.2, 0.25) is 10.4 Å². The van der Waals surface area contributed by atoms with Crippen LogP contribution in [0, 0.1) is 0 Å². The average molecular weight is 441 g/mol. The SMILES string of the molecule is CCCCCCCCC(Oc1ccccc1)C(OCC)(OCC)OS(=O)(=O)[O-].[Na+]. The Bertz CT molecular complexity index is 619. The van der Waals surface area contributed by atoms with Gasteiger partial charge in [0, 0.05) is 13.2 Å². The molecule has 0 fully saturated rings. The van der Waals surface area contributed by atoms with Crippen molar-refractivity contribution in [3.63, 3.8) is 0 Å². The Morgan fingerprint density at radius 3 is 2.00 bits per heavy atom. The summed E-state index contributed by atoms with van der Waals surface area (Å²) in [6.45, 7) is 5.65. The zero-order valence-electron chi connectivity index (χ0n) is 18.1. The van der Waals surface area contributed by atoms with E-state index in [-0.39, 0.29) is 42.8 Å². The van der Waals surface area contributed by atoms with Crippen molar-refractivity contribution < 1.29 is 60.9 Å². The maximum Gasteiger partial charge on any atom is 1.00 e. The molecule has 0 radical (unpaired) electrons. The minimum atomic E-state index is -5.09. The molecule has 0 aliphatic rings. The molecular formula is C20H33NaO7S. The van der Waals surface area contributed by atoms with Crippen molar-refractivity contribution in [3.05, 3.63) is 30.3 Å². The van der Waals surface area contributed by atoms with Gasteiger partial charge < -0.3 is 18.8 Å². The summed E-state index contributed by atoms with van der Waals surface area (Å²) >= 11 is 0. The summed E-state index contributed by atoms with van der Waals surface area (Å²) in [5.41, 5.74) is 0. The van der Waals surface area contributed by atoms with Gasteiger partial charge in [0.1, 0.15) is 5.75 Å². The topological polar surface area (TPSA) is 94.1 Å². The van der Waals surface area contributed by atoms with E-state index in [4.69, 9.17) is 18.4 Å². The van der Waals surface area contributed by atoms with Gasteiger partial charge in [-0.05, 0) is 38.8 Å². The molecule has 0 heterocycles. The third kappa shape index (κ3) is 11.7. The van der Waals surface area contributed by atoms with Crippen molar-refractivity contribution in [1.29, 1.82) is 0 Å². The van der Waals surface area contributed by atoms with Gasteiger partial charge in [0.05, 0.1) is 0 Å². The Balaban J connectivity index is 0.00000784. The molecule has 1 atom stereocenters. The Morgan fingerprint density at radius 1 is 0.931 bits per heavy atom. The second-order valence-electron chi connectivity index (χ2n) is 6.44. The van der Waals surface area contributed by atoms with Crippen molar-refractivity contribution in [2.45, 2.75) is 77.8 Å². The van der Waals surface area contributed by atoms with Crippen LogP contribution >= 0.6 is 0 Å². The number of benzene rings is 1. The van der Waals surface area contributed by atoms with E-state index in [1.807, 2.05) is 6.07 Å². The second kappa shape index (κ2) is 15.6. The van der Waals surface area contributed by atoms with Crippen molar-refractivity contribution in [3.8, 4) is 5.75 Å². The molecule has 0 bridgehead atoms. The zero-order valence-corrected chi connectivity index (χ0v) is 20.9. The van der Waals surface area contributed by atoms with Gasteiger partial charge in [0.15, 0.2) is 6.10 Å². The fourth-order valence-electron chi connectivity index (χ4n) is 2.96. The van der Waals surface area contributed by atoms with Crippen LogP contribution in [0.15, 0.2) is 30.3 Å². The normalized spacial score (nSPS) is 13.0. The molecular weight excluding hydrogens is 407 g/mol. The second-order valence-corrected chi connectivity index (χ2v) is 7.42. The van der Waals surface area contributed by atoms with Crippen LogP contribution in [0.1, 0.15) is 65.7 Å². The predicted octanol–water partition coefficient (Wildman–Crippen LogP) is 1.39. The molecule has 9 heteroatoms. The molecule has 1 rings (SSSR count). The van der Waals surface area contributed by atoms with Gasteiger partial charge in [-0.3, -0.25) is 0 Å². The van der Waals surface area contributed by atoms with E-state index in [9.17, 15) is 13.0 Å². The van der Waals surface area contributed by atoms with Crippen LogP contribution in [-0.4, -0.2) is 38.3 Å². The first-order valence-corrected chi connectivity index (χ1v) is 11.4. The minimum Gasteiger partial charge on any atom is -0.725 e. The fraction of sp³-hybridized carbons (Fsp3) is 0.700. The molecule has 0 aromatic heterocycles. The van der Waals surface area contributed by atoms with E-state index in [1.165, 1.54) is 6.42 Å². The maximum absolute atomic E-state index is 11.4. The molecule has 0 N–H and O–H groups in total. The van der Waals surface area contributed by atoms with Crippen molar-refractivity contribution in [2.75, 3.05) is 13.2 Å². The van der Waals surface area contributed by atoms with E-state index in [2.05, 4.69) is 6.92 Å². The first kappa shape index (κ1) is 28.8. The van der Waals surface area contributed by atoms with E-state index in [0.29, 0.717) is 12.2 Å². The molecule has 1 aromatic rings. The summed E-state index contributed by atoms with van der Waals surface area (Å²) in [5.74, 6) is -1.61. The summed E-state index contributed by atoms with van der Waals surface area (Å²) in [4.78, 5) is 0. The Labute approximate surface area is 197 Å². The van der Waals surface area contributed by atoms with E-state index in [0.717, 1.165) is 32.1 Å². The largest absolute Gasteiger partial charge is 1.00 e. The maximum atomic E-state index is 11.4. The molecule has 0 aliphatic carbocycles. The summed E-state index contributed by atoms with van der Waals surface area (Å²) in [7, 11) is -5.09. The minimum absolute atomic E-state index is 0. The Hall–Kier alpha value is -0.190. The Kier molecular flexibility index (Phi) is 15.5. The van der Waals surface area contributed by atoms with Crippen molar-refractivity contribution in [1.82, 2.24) is 0 Å². The molecule has 0 saturated heterocycles. The number of rotatable bonds is 16. The monoisotopic (exact) mass is 440 g/mol. The number of ether oxygens (including phenoxy) is 3. The molecule has 29 heavy (non-hydrogen) atoms. The van der Waals surface area contributed by atoms with E-state index < -0.39 is 22.5 Å². The first-order valence-electron chi connectivity index (χ1n) is 10.0. The summed E-state index contributed by atoms with van der Waals surface area (Å²) in [6, 6.07) is 8.91. The predicted molar refractivity (Wildman–Crippen MR) is 106 cm³/mol. The van der Waals surface area contributed by atoms with Crippen LogP contribution in [0.3, 0.4) is 0 Å². The smallest absolute Gasteiger partial charge is 0.725 e. The molecule has 0 saturated carbocycles. The molecule has 162 valence electrons. The van der Waals surface area contributed by atoms with Crippen LogP contribution in [-0.2, 0) is 24.1 Å². The van der Waals surface area contributed by atoms with Crippen LogP contribution in [0.4, 0.5) is 0 Å². The van der Waals surface area contributed by atoms with Gasteiger partial charge in [-0.25, -0.2) is 12.6 Å². The number of unbranched alkanes of at least 4 members (excludes halogenated alkanes) is 5. The molecule has 1 aromatic carbocycles. The molecule has 0 spiro atoms. The van der Waals surface area contributed by atoms with E-state index in [1.54, 1.807) is 38.1 Å². The fourth-order valence-corrected chi connectivity index (χ4v) is 3.44. The summed E-state index contributed by atoms with van der Waals surface area (Å²) in [5, 5.41) is 0. The molecule has 0 aliphatic heterocycles. The van der Waals surface area contributed by atoms with Crippen LogP contribution in [0.25, 0.3) is 0 Å². The molecule has 0 amide bonds. The van der Waals surface area contributed by atoms with Gasteiger partial charge in [-0.1, -0.05) is 57.2 Å². The van der Waals surface area contributed by atoms with Crippen molar-refractivity contribution in [2.24, 2.45) is 0 Å². The van der Waals surface area contributed by atoms with Gasteiger partial charge >= 0.3 is 35.5 Å². The molecule has 7 nitrogen and oxygen atoms in total. The number of para-hydroxylation sites is 1. The van der Waals surface area contributed by atoms with Gasteiger partial charge in [-0.2, -0.15) is 0 Å². The number of hydrogen-bond donors (Lipinski definition) is 0. The third-order valence-electron chi connectivity index (χ3n) is 4.15. The van der Waals surface area contributed by atoms with Crippen LogP contribution in [0.5, 0.6) is 5.75 Å². The third-order valence-corrected chi connectivity index (χ3v) is 4.58. The number of hydrogen-bond acceptors (Lipinski definition) is 7. The van der Waals surface area contributed by atoms with Crippen molar-refractivity contribution >= 4 is 10.4 Å². The van der Waals surface area contributed by atoms with E-state index >= 15 is 0 Å². The Morgan fingerprint density at radius 2 is 1.48 bits per heavy atom. The van der Waals surface area contributed by atoms with Crippen LogP contribution in [0.2, 0.25) is 0 Å². The first-order chi connectivity index (χ1) is 13.4. The molecule has 1 unspecified atom stereocenters. The standard InChI is InChI=1S/C20H34O7S.Na/c1-4-7-8-9-10-14-17-19(26-18-15-12-11-13-16-18)20(24-5-2,25-6-3)27-28(21,22)23;/h11-13,15-16,19H,4-10,14,17H2,1-3H3,(H,21,22,23);/q;+1/p-1. The van der Waals surface area contributed by atoms with Crippen LogP contribution < -0.4 is 34.3 Å². The summed E-state index contributed by atoms with van der Waals surface area (Å²) < 4.78 is 56.0. The average Bonchev–Trinajstić information content (AvgIpc) is 2.63. The van der Waals surface area contributed by atoms with Gasteiger partial charge in [0.25, 0.3) is 0 Å².